The van der Waals surface area contributed by atoms with Gasteiger partial charge < -0.3 is 25.5 Å². The maximum atomic E-state index is 11.1. The number of nitrogen functional groups attached to an aromatic ring is 1. The summed E-state index contributed by atoms with van der Waals surface area (Å²) in [6.45, 7) is 3.37. The highest BCUT2D eigenvalue weighted by molar-refractivity contribution is 9.10. The van der Waals surface area contributed by atoms with Crippen molar-refractivity contribution in [1.82, 2.24) is 24.4 Å². The Hall–Kier alpha value is -2.46. The van der Waals surface area contributed by atoms with Crippen LogP contribution in [-0.2, 0) is 6.54 Å². The number of aliphatic hydroxyl groups is 2. The normalized spacial score (nSPS) is 28.0. The molecule has 1 spiro atoms. The molecule has 9 heteroatoms. The van der Waals surface area contributed by atoms with Gasteiger partial charge in [0.2, 0.25) is 0 Å². The largest absolute Gasteiger partial charge is 0.390 e. The van der Waals surface area contributed by atoms with Crippen molar-refractivity contribution in [1.29, 1.82) is 0 Å². The van der Waals surface area contributed by atoms with Crippen LogP contribution in [-0.4, -0.2) is 59.9 Å². The van der Waals surface area contributed by atoms with E-state index in [9.17, 15) is 10.2 Å². The van der Waals surface area contributed by atoms with Crippen LogP contribution in [0.2, 0.25) is 0 Å². The van der Waals surface area contributed by atoms with Gasteiger partial charge in [0.05, 0.1) is 17.5 Å². The summed E-state index contributed by atoms with van der Waals surface area (Å²) >= 11 is 3.55. The molecule has 0 radical (unpaired) electrons. The van der Waals surface area contributed by atoms with Crippen LogP contribution in [0.3, 0.4) is 0 Å². The zero-order valence-electron chi connectivity index (χ0n) is 20.1. The SMILES string of the molecule is Nc1ncnc2c1c(Br)cn2[C@@H]1C[C@H](c2ccc3cc(CN4CCC5(CCC5)C4)[nH]c3c2)[C@@H](O)[C@H]1O. The molecule has 3 aliphatic rings. The highest BCUT2D eigenvalue weighted by Crippen LogP contribution is 2.48. The summed E-state index contributed by atoms with van der Waals surface area (Å²) < 4.78 is 2.70. The summed E-state index contributed by atoms with van der Waals surface area (Å²) in [7, 11) is 0. The van der Waals surface area contributed by atoms with E-state index in [1.165, 1.54) is 56.2 Å². The smallest absolute Gasteiger partial charge is 0.146 e. The molecule has 0 bridgehead atoms. The zero-order valence-corrected chi connectivity index (χ0v) is 21.7. The van der Waals surface area contributed by atoms with Gasteiger partial charge in [-0.25, -0.2) is 9.97 Å². The Morgan fingerprint density at radius 2 is 2.00 bits per heavy atom. The number of aliphatic hydroxyl groups excluding tert-OH is 2. The number of fused-ring (bicyclic) bond motifs is 2. The molecule has 5 N–H and O–H groups in total. The first-order chi connectivity index (χ1) is 17.4. The molecular formula is C27H31BrN6O2. The van der Waals surface area contributed by atoms with Gasteiger partial charge >= 0.3 is 0 Å². The predicted octanol–water partition coefficient (Wildman–Crippen LogP) is 4.08. The lowest BCUT2D eigenvalue weighted by Gasteiger charge is -2.38. The lowest BCUT2D eigenvalue weighted by molar-refractivity contribution is 0.0179. The molecule has 4 aromatic rings. The number of hydrogen-bond acceptors (Lipinski definition) is 6. The maximum absolute atomic E-state index is 11.1. The molecule has 4 atom stereocenters. The van der Waals surface area contributed by atoms with Gasteiger partial charge in [-0.15, -0.1) is 0 Å². The van der Waals surface area contributed by atoms with Gasteiger partial charge in [0.25, 0.3) is 0 Å². The van der Waals surface area contributed by atoms with Crippen LogP contribution >= 0.6 is 15.9 Å². The number of likely N-dealkylation sites (tertiary alicyclic amines) is 1. The molecule has 1 aliphatic heterocycles. The average molecular weight is 551 g/mol. The number of rotatable bonds is 4. The van der Waals surface area contributed by atoms with Crippen LogP contribution in [0.4, 0.5) is 5.82 Å². The predicted molar refractivity (Wildman–Crippen MR) is 143 cm³/mol. The van der Waals surface area contributed by atoms with E-state index in [-0.39, 0.29) is 12.0 Å². The Bertz CT molecular complexity index is 1460. The third kappa shape index (κ3) is 3.51. The van der Waals surface area contributed by atoms with E-state index in [0.29, 0.717) is 23.3 Å². The maximum Gasteiger partial charge on any atom is 0.146 e. The molecule has 188 valence electrons. The Kier molecular flexibility index (Phi) is 5.22. The van der Waals surface area contributed by atoms with Gasteiger partial charge in [-0.05, 0) is 76.7 Å². The van der Waals surface area contributed by atoms with Crippen molar-refractivity contribution in [2.75, 3.05) is 18.8 Å². The molecule has 3 aromatic heterocycles. The Balaban J connectivity index is 1.14. The molecule has 1 saturated heterocycles. The summed E-state index contributed by atoms with van der Waals surface area (Å²) in [5, 5.41) is 24.0. The van der Waals surface area contributed by atoms with Crippen molar-refractivity contribution in [3.8, 4) is 0 Å². The van der Waals surface area contributed by atoms with Crippen molar-refractivity contribution in [3.05, 3.63) is 52.5 Å². The lowest BCUT2D eigenvalue weighted by atomic mass is 9.68. The standard InChI is InChI=1S/C27H31BrN6O2/c28-19-12-34(26-22(19)25(29)30-14-31-26)21-10-18(23(35)24(21)36)15-2-3-16-8-17(32-20(16)9-15)11-33-7-6-27(13-33)4-1-5-27/h2-3,8-9,12,14,18,21,23-24,32,35-36H,1,4-7,10-11,13H2,(H2,29,30,31)/t18-,21-,23-,24+/m1/s1. The summed E-state index contributed by atoms with van der Waals surface area (Å²) in [5.74, 6) is 0.202. The first-order valence-corrected chi connectivity index (χ1v) is 13.7. The summed E-state index contributed by atoms with van der Waals surface area (Å²) in [5.41, 5.74) is 10.7. The van der Waals surface area contributed by atoms with E-state index in [0.717, 1.165) is 27.5 Å². The fourth-order valence-electron chi connectivity index (χ4n) is 6.94. The van der Waals surface area contributed by atoms with E-state index >= 15 is 0 Å². The van der Waals surface area contributed by atoms with Gasteiger partial charge in [-0.1, -0.05) is 18.6 Å². The van der Waals surface area contributed by atoms with Gasteiger partial charge in [0.15, 0.2) is 0 Å². The van der Waals surface area contributed by atoms with Crippen molar-refractivity contribution in [2.45, 2.75) is 62.8 Å². The number of nitrogens with one attached hydrogen (secondary N) is 1. The first kappa shape index (κ1) is 22.7. The molecule has 2 aliphatic carbocycles. The van der Waals surface area contributed by atoms with E-state index in [1.54, 1.807) is 0 Å². The van der Waals surface area contributed by atoms with E-state index < -0.39 is 12.2 Å². The fraction of sp³-hybridized carbons (Fsp3) is 0.481. The van der Waals surface area contributed by atoms with Crippen LogP contribution in [0.25, 0.3) is 21.9 Å². The van der Waals surface area contributed by atoms with Crippen LogP contribution in [0.5, 0.6) is 0 Å². The van der Waals surface area contributed by atoms with Crippen molar-refractivity contribution >= 4 is 43.7 Å². The quantitative estimate of drug-likeness (QED) is 0.304. The van der Waals surface area contributed by atoms with E-state index in [2.05, 4.69) is 60.0 Å². The molecule has 8 nitrogen and oxygen atoms in total. The minimum Gasteiger partial charge on any atom is -0.390 e. The number of halogens is 1. The highest BCUT2D eigenvalue weighted by Gasteiger charge is 2.44. The van der Waals surface area contributed by atoms with Gasteiger partial charge in [0.1, 0.15) is 23.9 Å². The van der Waals surface area contributed by atoms with E-state index in [1.807, 2.05) is 10.8 Å². The summed E-state index contributed by atoms with van der Waals surface area (Å²) in [6.07, 6.45) is 7.64. The van der Waals surface area contributed by atoms with Crippen molar-refractivity contribution in [2.24, 2.45) is 5.41 Å². The minimum absolute atomic E-state index is 0.186. The molecule has 3 fully saturated rings. The number of H-pyrrole nitrogens is 1. The number of aromatic nitrogens is 4. The number of anilines is 1. The summed E-state index contributed by atoms with van der Waals surface area (Å²) in [6, 6.07) is 8.29. The Morgan fingerprint density at radius 3 is 2.78 bits per heavy atom. The topological polar surface area (TPSA) is 116 Å². The number of nitrogens with zero attached hydrogens (tertiary/aromatic N) is 4. The Morgan fingerprint density at radius 1 is 1.14 bits per heavy atom. The van der Waals surface area contributed by atoms with Crippen LogP contribution < -0.4 is 5.73 Å². The third-order valence-electron chi connectivity index (χ3n) is 9.06. The minimum atomic E-state index is -0.919. The van der Waals surface area contributed by atoms with Crippen LogP contribution in [0, 0.1) is 5.41 Å². The van der Waals surface area contributed by atoms with Crippen molar-refractivity contribution < 1.29 is 10.2 Å². The molecule has 4 heterocycles. The zero-order chi connectivity index (χ0) is 24.6. The van der Waals surface area contributed by atoms with Gasteiger partial charge in [-0.2, -0.15) is 0 Å². The molecule has 1 aromatic carbocycles. The van der Waals surface area contributed by atoms with Gasteiger partial charge in [-0.3, -0.25) is 4.90 Å². The number of benzene rings is 1. The van der Waals surface area contributed by atoms with Gasteiger partial charge in [0, 0.05) is 40.9 Å². The molecule has 7 rings (SSSR count). The molecule has 0 amide bonds. The number of nitrogens with two attached hydrogens (primary N) is 1. The molecule has 0 unspecified atom stereocenters. The average Bonchev–Trinajstić information content (AvgIpc) is 3.59. The molecule has 2 saturated carbocycles. The fourth-order valence-corrected chi connectivity index (χ4v) is 7.54. The molecule has 36 heavy (non-hydrogen) atoms. The van der Waals surface area contributed by atoms with Crippen LogP contribution in [0.15, 0.2) is 41.3 Å². The number of hydrogen-bond donors (Lipinski definition) is 4. The second-order valence-electron chi connectivity index (χ2n) is 11.2. The lowest BCUT2D eigenvalue weighted by Crippen LogP contribution is -2.32. The second-order valence-corrected chi connectivity index (χ2v) is 12.0. The highest BCUT2D eigenvalue weighted by atomic mass is 79.9. The Labute approximate surface area is 217 Å². The summed E-state index contributed by atoms with van der Waals surface area (Å²) in [4.78, 5) is 14.7. The molecular weight excluding hydrogens is 520 g/mol. The monoisotopic (exact) mass is 550 g/mol. The first-order valence-electron chi connectivity index (χ1n) is 12.9. The van der Waals surface area contributed by atoms with Crippen molar-refractivity contribution in [3.63, 3.8) is 0 Å². The van der Waals surface area contributed by atoms with Crippen LogP contribution in [0.1, 0.15) is 55.3 Å². The van der Waals surface area contributed by atoms with E-state index in [4.69, 9.17) is 5.73 Å². The third-order valence-corrected chi connectivity index (χ3v) is 9.66. The second kappa shape index (κ2) is 8.28. The number of aromatic amines is 1.